The minimum absolute atomic E-state index is 0.0868. The summed E-state index contributed by atoms with van der Waals surface area (Å²) in [4.78, 5) is 11.7. The van der Waals surface area contributed by atoms with E-state index in [4.69, 9.17) is 5.73 Å². The molecule has 2 aromatic rings. The first kappa shape index (κ1) is 12.0. The molecule has 3 N–H and O–H groups in total. The van der Waals surface area contributed by atoms with Crippen molar-refractivity contribution in [1.82, 2.24) is 0 Å². The van der Waals surface area contributed by atoms with E-state index in [-0.39, 0.29) is 11.3 Å². The predicted molar refractivity (Wildman–Crippen MR) is 69.3 cm³/mol. The molecule has 0 heterocycles. The maximum Gasteiger partial charge on any atom is 0.342 e. The molecule has 0 aliphatic rings. The smallest absolute Gasteiger partial charge is 0.342 e. The van der Waals surface area contributed by atoms with Crippen molar-refractivity contribution in [2.75, 3.05) is 12.8 Å². The number of anilines is 1. The topological polar surface area (TPSA) is 72.5 Å². The van der Waals surface area contributed by atoms with Crippen LogP contribution in [0.1, 0.15) is 10.4 Å². The number of carbonyl (C=O) groups excluding carboxylic acids is 1. The highest BCUT2D eigenvalue weighted by Gasteiger charge is 2.20. The van der Waals surface area contributed by atoms with Gasteiger partial charge >= 0.3 is 5.97 Å². The molecule has 0 fully saturated rings. The van der Waals surface area contributed by atoms with E-state index in [9.17, 15) is 9.90 Å². The van der Waals surface area contributed by atoms with E-state index in [1.54, 1.807) is 6.07 Å². The second-order valence-corrected chi connectivity index (χ2v) is 3.78. The molecule has 18 heavy (non-hydrogen) atoms. The van der Waals surface area contributed by atoms with E-state index >= 15 is 0 Å². The number of benzene rings is 2. The molecular weight excluding hydrogens is 230 g/mol. The highest BCUT2D eigenvalue weighted by molar-refractivity contribution is 6.03. The van der Waals surface area contributed by atoms with Gasteiger partial charge in [0.25, 0.3) is 0 Å². The van der Waals surface area contributed by atoms with Gasteiger partial charge < -0.3 is 15.6 Å². The Balaban J connectivity index is 2.73. The van der Waals surface area contributed by atoms with Crippen molar-refractivity contribution in [3.63, 3.8) is 0 Å². The fraction of sp³-hybridized carbons (Fsp3) is 0.0714. The Morgan fingerprint density at radius 3 is 2.44 bits per heavy atom. The highest BCUT2D eigenvalue weighted by Crippen LogP contribution is 2.35. The molecule has 0 unspecified atom stereocenters. The molecule has 92 valence electrons. The molecule has 2 aromatic carbocycles. The number of esters is 1. The van der Waals surface area contributed by atoms with E-state index in [0.717, 1.165) is 5.56 Å². The lowest BCUT2D eigenvalue weighted by molar-refractivity contribution is 0.0598. The zero-order valence-electron chi connectivity index (χ0n) is 9.88. The zero-order valence-corrected chi connectivity index (χ0v) is 9.88. The van der Waals surface area contributed by atoms with Gasteiger partial charge in [-0.25, -0.2) is 4.79 Å². The maximum atomic E-state index is 11.7. The second kappa shape index (κ2) is 4.79. The first-order chi connectivity index (χ1) is 8.65. The number of phenols is 1. The summed E-state index contributed by atoms with van der Waals surface area (Å²) in [5.41, 5.74) is 7.64. The van der Waals surface area contributed by atoms with Crippen LogP contribution in [0.5, 0.6) is 5.75 Å². The van der Waals surface area contributed by atoms with Crippen LogP contribution in [0.4, 0.5) is 5.69 Å². The van der Waals surface area contributed by atoms with E-state index in [0.29, 0.717) is 11.3 Å². The molecule has 2 rings (SSSR count). The van der Waals surface area contributed by atoms with Crippen LogP contribution in [-0.4, -0.2) is 18.2 Å². The summed E-state index contributed by atoms with van der Waals surface area (Å²) >= 11 is 0. The Kier molecular flexibility index (Phi) is 3.19. The third kappa shape index (κ3) is 2.00. The number of aromatic hydroxyl groups is 1. The number of methoxy groups -OCH3 is 1. The number of phenolic OH excluding ortho intramolecular Hbond substituents is 1. The molecule has 0 radical (unpaired) electrons. The maximum absolute atomic E-state index is 11.7. The largest absolute Gasteiger partial charge is 0.507 e. The average Bonchev–Trinajstić information content (AvgIpc) is 2.41. The van der Waals surface area contributed by atoms with E-state index in [2.05, 4.69) is 4.74 Å². The molecule has 0 spiro atoms. The number of ether oxygens (including phenoxy) is 1. The summed E-state index contributed by atoms with van der Waals surface area (Å²) < 4.78 is 4.68. The molecule has 0 amide bonds. The second-order valence-electron chi connectivity index (χ2n) is 3.78. The van der Waals surface area contributed by atoms with E-state index in [1.165, 1.54) is 13.2 Å². The lowest BCUT2D eigenvalue weighted by atomic mass is 9.97. The van der Waals surface area contributed by atoms with Gasteiger partial charge in [0.05, 0.1) is 7.11 Å². The van der Waals surface area contributed by atoms with Gasteiger partial charge in [0, 0.05) is 11.3 Å². The van der Waals surface area contributed by atoms with E-state index < -0.39 is 5.97 Å². The number of rotatable bonds is 2. The van der Waals surface area contributed by atoms with E-state index in [1.807, 2.05) is 30.3 Å². The Morgan fingerprint density at radius 1 is 1.17 bits per heavy atom. The van der Waals surface area contributed by atoms with Crippen molar-refractivity contribution in [1.29, 1.82) is 0 Å². The van der Waals surface area contributed by atoms with Crippen LogP contribution in [0.15, 0.2) is 42.5 Å². The SMILES string of the molecule is COC(=O)c1c(O)ccc(N)c1-c1ccccc1. The Labute approximate surface area is 105 Å². The summed E-state index contributed by atoms with van der Waals surface area (Å²) in [6.07, 6.45) is 0. The summed E-state index contributed by atoms with van der Waals surface area (Å²) in [7, 11) is 1.26. The predicted octanol–water partition coefficient (Wildman–Crippen LogP) is 2.43. The molecule has 0 aromatic heterocycles. The summed E-state index contributed by atoms with van der Waals surface area (Å²) in [6, 6.07) is 12.1. The van der Waals surface area contributed by atoms with Gasteiger partial charge in [-0.15, -0.1) is 0 Å². The van der Waals surface area contributed by atoms with Crippen LogP contribution in [-0.2, 0) is 4.74 Å². The molecule has 0 saturated heterocycles. The molecule has 4 nitrogen and oxygen atoms in total. The van der Waals surface area contributed by atoms with Crippen LogP contribution in [0.2, 0.25) is 0 Å². The first-order valence-electron chi connectivity index (χ1n) is 5.40. The Morgan fingerprint density at radius 2 is 1.83 bits per heavy atom. The Hall–Kier alpha value is -2.49. The monoisotopic (exact) mass is 243 g/mol. The normalized spacial score (nSPS) is 10.1. The standard InChI is InChI=1S/C14H13NO3/c1-18-14(17)13-11(16)8-7-10(15)12(13)9-5-3-2-4-6-9/h2-8,16H,15H2,1H3. The zero-order chi connectivity index (χ0) is 13.1. The quantitative estimate of drug-likeness (QED) is 0.482. The fourth-order valence-electron chi connectivity index (χ4n) is 1.83. The van der Waals surface area contributed by atoms with Crippen molar-refractivity contribution >= 4 is 11.7 Å². The van der Waals surface area contributed by atoms with Crippen LogP contribution in [0.3, 0.4) is 0 Å². The minimum atomic E-state index is -0.612. The third-order valence-corrected chi connectivity index (χ3v) is 2.67. The van der Waals surface area contributed by atoms with Gasteiger partial charge in [-0.3, -0.25) is 0 Å². The van der Waals surface area contributed by atoms with Gasteiger partial charge in [-0.2, -0.15) is 0 Å². The molecule has 0 aliphatic heterocycles. The van der Waals surface area contributed by atoms with Crippen LogP contribution in [0.25, 0.3) is 11.1 Å². The number of nitrogens with two attached hydrogens (primary N) is 1. The summed E-state index contributed by atoms with van der Waals surface area (Å²) in [5.74, 6) is -0.756. The van der Waals surface area contributed by atoms with Gasteiger partial charge in [-0.1, -0.05) is 30.3 Å². The third-order valence-electron chi connectivity index (χ3n) is 2.67. The Bertz CT molecular complexity index is 579. The average molecular weight is 243 g/mol. The van der Waals surface area contributed by atoms with Crippen molar-refractivity contribution in [3.8, 4) is 16.9 Å². The fourth-order valence-corrected chi connectivity index (χ4v) is 1.83. The molecule has 0 atom stereocenters. The summed E-state index contributed by atoms with van der Waals surface area (Å²) in [6.45, 7) is 0. The van der Waals surface area contributed by atoms with Gasteiger partial charge in [0.2, 0.25) is 0 Å². The van der Waals surface area contributed by atoms with Crippen LogP contribution in [0, 0.1) is 0 Å². The molecular formula is C14H13NO3. The number of hydrogen-bond acceptors (Lipinski definition) is 4. The van der Waals surface area contributed by atoms with Gasteiger partial charge in [0.1, 0.15) is 11.3 Å². The number of nitrogen functional groups attached to an aromatic ring is 1. The summed E-state index contributed by atoms with van der Waals surface area (Å²) in [5, 5.41) is 9.82. The van der Waals surface area contributed by atoms with Gasteiger partial charge in [-0.05, 0) is 17.7 Å². The number of carbonyl (C=O) groups is 1. The van der Waals surface area contributed by atoms with Crippen molar-refractivity contribution in [3.05, 3.63) is 48.0 Å². The lowest BCUT2D eigenvalue weighted by Crippen LogP contribution is -2.06. The molecule has 4 heteroatoms. The van der Waals surface area contributed by atoms with Crippen LogP contribution < -0.4 is 5.73 Å². The highest BCUT2D eigenvalue weighted by atomic mass is 16.5. The molecule has 0 bridgehead atoms. The van der Waals surface area contributed by atoms with Crippen molar-refractivity contribution < 1.29 is 14.6 Å². The molecule has 0 saturated carbocycles. The number of hydrogen-bond donors (Lipinski definition) is 2. The molecule has 0 aliphatic carbocycles. The van der Waals surface area contributed by atoms with Gasteiger partial charge in [0.15, 0.2) is 0 Å². The van der Waals surface area contributed by atoms with Crippen molar-refractivity contribution in [2.24, 2.45) is 0 Å². The lowest BCUT2D eigenvalue weighted by Gasteiger charge is -2.12. The minimum Gasteiger partial charge on any atom is -0.507 e. The first-order valence-corrected chi connectivity index (χ1v) is 5.40. The van der Waals surface area contributed by atoms with Crippen molar-refractivity contribution in [2.45, 2.75) is 0 Å². The van der Waals surface area contributed by atoms with Crippen LogP contribution >= 0.6 is 0 Å².